The molecule has 0 aromatic carbocycles. The molecule has 1 N–H and O–H groups in total. The first kappa shape index (κ1) is 13.5. The molecule has 0 bridgehead atoms. The van der Waals surface area contributed by atoms with Gasteiger partial charge in [-0.1, -0.05) is 29.6 Å². The van der Waals surface area contributed by atoms with E-state index in [2.05, 4.69) is 20.4 Å². The highest BCUT2D eigenvalue weighted by atomic mass is 35.5. The molecular weight excluding hydrogens is 276 g/mol. The minimum atomic E-state index is 0.275. The number of nitrogens with zero attached hydrogens (tertiary/aromatic N) is 3. The first-order valence-corrected chi connectivity index (χ1v) is 7.29. The van der Waals surface area contributed by atoms with Crippen LogP contribution in [-0.4, -0.2) is 28.2 Å². The van der Waals surface area contributed by atoms with Gasteiger partial charge in [-0.05, 0) is 32.0 Å². The van der Waals surface area contributed by atoms with Crippen LogP contribution in [0.3, 0.4) is 0 Å². The van der Waals surface area contributed by atoms with Gasteiger partial charge in [0.15, 0.2) is 0 Å². The summed E-state index contributed by atoms with van der Waals surface area (Å²) in [6.07, 6.45) is 6.33. The fourth-order valence-corrected chi connectivity index (χ4v) is 3.01. The molecular formula is C14H17ClN4O. The van der Waals surface area contributed by atoms with Crippen molar-refractivity contribution in [2.24, 2.45) is 0 Å². The molecule has 0 aliphatic heterocycles. The molecule has 1 fully saturated rings. The fourth-order valence-electron chi connectivity index (χ4n) is 2.80. The Hall–Kier alpha value is -1.46. The maximum absolute atomic E-state index is 6.11. The maximum Gasteiger partial charge on any atom is 0.231 e. The molecule has 2 unspecified atom stereocenters. The van der Waals surface area contributed by atoms with Crippen molar-refractivity contribution in [3.8, 4) is 11.5 Å². The summed E-state index contributed by atoms with van der Waals surface area (Å²) >= 11 is 6.11. The maximum atomic E-state index is 6.11. The molecule has 0 spiro atoms. The zero-order valence-corrected chi connectivity index (χ0v) is 12.1. The number of hydrogen-bond donors (Lipinski definition) is 1. The van der Waals surface area contributed by atoms with Crippen molar-refractivity contribution in [1.29, 1.82) is 0 Å². The number of halogens is 1. The van der Waals surface area contributed by atoms with Crippen molar-refractivity contribution in [2.45, 2.75) is 37.6 Å². The average Bonchev–Trinajstić information content (AvgIpc) is 2.97. The van der Waals surface area contributed by atoms with E-state index in [4.69, 9.17) is 16.1 Å². The van der Waals surface area contributed by atoms with Crippen LogP contribution in [0.4, 0.5) is 0 Å². The predicted octanol–water partition coefficient (Wildman–Crippen LogP) is 3.03. The molecule has 2 aromatic heterocycles. The van der Waals surface area contributed by atoms with Gasteiger partial charge in [-0.25, -0.2) is 0 Å². The third-order valence-electron chi connectivity index (χ3n) is 3.87. The molecule has 1 aliphatic carbocycles. The molecule has 1 saturated carbocycles. The van der Waals surface area contributed by atoms with Crippen molar-refractivity contribution in [3.63, 3.8) is 0 Å². The first-order valence-electron chi connectivity index (χ1n) is 6.91. The Morgan fingerprint density at radius 3 is 3.00 bits per heavy atom. The predicted molar refractivity (Wildman–Crippen MR) is 76.6 cm³/mol. The van der Waals surface area contributed by atoms with Crippen LogP contribution < -0.4 is 5.32 Å². The second-order valence-electron chi connectivity index (χ2n) is 5.08. The van der Waals surface area contributed by atoms with Crippen molar-refractivity contribution in [3.05, 3.63) is 29.2 Å². The Bertz CT molecular complexity index is 586. The lowest BCUT2D eigenvalue weighted by Gasteiger charge is -2.28. The molecule has 6 heteroatoms. The summed E-state index contributed by atoms with van der Waals surface area (Å²) < 4.78 is 5.45. The van der Waals surface area contributed by atoms with Crippen molar-refractivity contribution < 1.29 is 4.52 Å². The molecule has 2 heterocycles. The van der Waals surface area contributed by atoms with Gasteiger partial charge in [-0.2, -0.15) is 4.98 Å². The number of pyridine rings is 1. The zero-order valence-electron chi connectivity index (χ0n) is 11.3. The van der Waals surface area contributed by atoms with Crippen molar-refractivity contribution in [2.75, 3.05) is 7.05 Å². The molecule has 0 radical (unpaired) electrons. The van der Waals surface area contributed by atoms with E-state index in [0.29, 0.717) is 28.5 Å². The quantitative estimate of drug-likeness (QED) is 0.942. The molecule has 2 aromatic rings. The molecule has 0 saturated heterocycles. The van der Waals surface area contributed by atoms with Gasteiger partial charge in [0.25, 0.3) is 0 Å². The Labute approximate surface area is 122 Å². The number of rotatable bonds is 3. The van der Waals surface area contributed by atoms with E-state index >= 15 is 0 Å². The molecule has 3 rings (SSSR count). The SMILES string of the molecule is CNC1CCCCC1c1nc(-c2ncccc2Cl)no1. The minimum absolute atomic E-state index is 0.275. The van der Waals surface area contributed by atoms with Gasteiger partial charge in [0.1, 0.15) is 5.69 Å². The van der Waals surface area contributed by atoms with Gasteiger partial charge < -0.3 is 9.84 Å². The van der Waals surface area contributed by atoms with Crippen LogP contribution in [0.15, 0.2) is 22.9 Å². The summed E-state index contributed by atoms with van der Waals surface area (Å²) in [6, 6.07) is 3.96. The van der Waals surface area contributed by atoms with E-state index in [-0.39, 0.29) is 5.92 Å². The van der Waals surface area contributed by atoms with Gasteiger partial charge in [-0.15, -0.1) is 0 Å². The number of aromatic nitrogens is 3. The number of likely N-dealkylation sites (N-methyl/N-ethyl adjacent to an activating group) is 1. The second kappa shape index (κ2) is 5.89. The van der Waals surface area contributed by atoms with Crippen LogP contribution >= 0.6 is 11.6 Å². The third-order valence-corrected chi connectivity index (χ3v) is 4.17. The summed E-state index contributed by atoms with van der Waals surface area (Å²) in [5, 5.41) is 7.91. The van der Waals surface area contributed by atoms with Crippen LogP contribution in [0, 0.1) is 0 Å². The van der Waals surface area contributed by atoms with E-state index in [1.807, 2.05) is 7.05 Å². The van der Waals surface area contributed by atoms with Gasteiger partial charge in [0.2, 0.25) is 11.7 Å². The lowest BCUT2D eigenvalue weighted by molar-refractivity contribution is 0.270. The minimum Gasteiger partial charge on any atom is -0.339 e. The Morgan fingerprint density at radius 1 is 1.35 bits per heavy atom. The highest BCUT2D eigenvalue weighted by Gasteiger charge is 2.30. The number of hydrogen-bond acceptors (Lipinski definition) is 5. The summed E-state index contributed by atoms with van der Waals surface area (Å²) in [5.41, 5.74) is 0.570. The van der Waals surface area contributed by atoms with Crippen LogP contribution in [0.1, 0.15) is 37.5 Å². The van der Waals surface area contributed by atoms with Gasteiger partial charge in [0.05, 0.1) is 10.9 Å². The smallest absolute Gasteiger partial charge is 0.231 e. The second-order valence-corrected chi connectivity index (χ2v) is 5.48. The highest BCUT2D eigenvalue weighted by Crippen LogP contribution is 2.33. The van der Waals surface area contributed by atoms with E-state index in [1.165, 1.54) is 12.8 Å². The normalized spacial score (nSPS) is 22.9. The lowest BCUT2D eigenvalue weighted by atomic mass is 9.84. The third kappa shape index (κ3) is 2.55. The number of nitrogens with one attached hydrogen (secondary N) is 1. The van der Waals surface area contributed by atoms with Gasteiger partial charge in [-0.3, -0.25) is 4.98 Å². The summed E-state index contributed by atoms with van der Waals surface area (Å²) in [5.74, 6) is 1.42. The van der Waals surface area contributed by atoms with Gasteiger partial charge in [0, 0.05) is 12.2 Å². The zero-order chi connectivity index (χ0) is 13.9. The molecule has 0 amide bonds. The van der Waals surface area contributed by atoms with Crippen LogP contribution in [0.2, 0.25) is 5.02 Å². The average molecular weight is 293 g/mol. The van der Waals surface area contributed by atoms with E-state index in [0.717, 1.165) is 12.8 Å². The first-order chi connectivity index (χ1) is 9.79. The van der Waals surface area contributed by atoms with Crippen LogP contribution in [0.5, 0.6) is 0 Å². The van der Waals surface area contributed by atoms with E-state index in [1.54, 1.807) is 18.3 Å². The monoisotopic (exact) mass is 292 g/mol. The summed E-state index contributed by atoms with van der Waals surface area (Å²) in [4.78, 5) is 8.71. The molecule has 20 heavy (non-hydrogen) atoms. The molecule has 1 aliphatic rings. The van der Waals surface area contributed by atoms with E-state index in [9.17, 15) is 0 Å². The van der Waals surface area contributed by atoms with Crippen molar-refractivity contribution >= 4 is 11.6 Å². The Morgan fingerprint density at radius 2 is 2.20 bits per heavy atom. The fraction of sp³-hybridized carbons (Fsp3) is 0.500. The highest BCUT2D eigenvalue weighted by molar-refractivity contribution is 6.32. The molecule has 2 atom stereocenters. The summed E-state index contributed by atoms with van der Waals surface area (Å²) in [7, 11) is 1.98. The Balaban J connectivity index is 1.88. The van der Waals surface area contributed by atoms with Crippen LogP contribution in [-0.2, 0) is 0 Å². The largest absolute Gasteiger partial charge is 0.339 e. The van der Waals surface area contributed by atoms with Gasteiger partial charge >= 0.3 is 0 Å². The molecule has 5 nitrogen and oxygen atoms in total. The Kier molecular flexibility index (Phi) is 3.98. The van der Waals surface area contributed by atoms with Crippen molar-refractivity contribution in [1.82, 2.24) is 20.4 Å². The lowest BCUT2D eigenvalue weighted by Crippen LogP contribution is -2.34. The summed E-state index contributed by atoms with van der Waals surface area (Å²) in [6.45, 7) is 0. The topological polar surface area (TPSA) is 63.8 Å². The standard InChI is InChI=1S/C14H17ClN4O/c1-16-11-7-3-2-5-9(11)14-18-13(19-20-14)12-10(15)6-4-8-17-12/h4,6,8-9,11,16H,2-3,5,7H2,1H3. The van der Waals surface area contributed by atoms with Crippen LogP contribution in [0.25, 0.3) is 11.5 Å². The van der Waals surface area contributed by atoms with E-state index < -0.39 is 0 Å². The molecule has 106 valence electrons.